The first kappa shape index (κ1) is 14.4. The van der Waals surface area contributed by atoms with E-state index in [9.17, 15) is 4.79 Å². The second-order valence-corrected chi connectivity index (χ2v) is 4.57. The van der Waals surface area contributed by atoms with Gasteiger partial charge in [-0.3, -0.25) is 9.78 Å². The maximum atomic E-state index is 11.8. The molecule has 5 heteroatoms. The van der Waals surface area contributed by atoms with E-state index in [4.69, 9.17) is 4.74 Å². The van der Waals surface area contributed by atoms with Gasteiger partial charge in [-0.05, 0) is 18.1 Å². The highest BCUT2D eigenvalue weighted by atomic mass is 16.5. The summed E-state index contributed by atoms with van der Waals surface area (Å²) >= 11 is 0. The third-order valence-electron chi connectivity index (χ3n) is 2.49. The molecule has 100 valence electrons. The lowest BCUT2D eigenvalue weighted by molar-refractivity contribution is 0.0822. The van der Waals surface area contributed by atoms with Crippen LogP contribution in [0.15, 0.2) is 18.3 Å². The molecule has 1 aromatic heterocycles. The van der Waals surface area contributed by atoms with Gasteiger partial charge < -0.3 is 15.0 Å². The van der Waals surface area contributed by atoms with Crippen molar-refractivity contribution in [3.05, 3.63) is 24.0 Å². The number of aromatic nitrogens is 1. The molecule has 0 radical (unpaired) electrons. The number of nitrogens with zero attached hydrogens (tertiary/aromatic N) is 2. The molecule has 1 aromatic rings. The van der Waals surface area contributed by atoms with Gasteiger partial charge in [0.15, 0.2) is 0 Å². The normalized spacial score (nSPS) is 12.0. The lowest BCUT2D eigenvalue weighted by Gasteiger charge is -2.14. The maximum Gasteiger partial charge on any atom is 0.272 e. The molecule has 1 atom stereocenters. The van der Waals surface area contributed by atoms with Crippen LogP contribution in [0.25, 0.3) is 0 Å². The Morgan fingerprint density at radius 2 is 2.28 bits per heavy atom. The molecule has 0 aliphatic heterocycles. The molecule has 0 fully saturated rings. The van der Waals surface area contributed by atoms with Gasteiger partial charge in [-0.15, -0.1) is 0 Å². The average molecular weight is 251 g/mol. The van der Waals surface area contributed by atoms with E-state index in [-0.39, 0.29) is 5.91 Å². The van der Waals surface area contributed by atoms with Crippen molar-refractivity contribution in [2.75, 3.05) is 39.7 Å². The summed E-state index contributed by atoms with van der Waals surface area (Å²) in [5.41, 5.74) is 1.35. The number of nitrogens with one attached hydrogen (secondary N) is 1. The molecular formula is C13H21N3O2. The van der Waals surface area contributed by atoms with Crippen LogP contribution in [0.3, 0.4) is 0 Å². The van der Waals surface area contributed by atoms with E-state index in [0.29, 0.717) is 18.2 Å². The van der Waals surface area contributed by atoms with Gasteiger partial charge in [-0.2, -0.15) is 0 Å². The molecule has 18 heavy (non-hydrogen) atoms. The summed E-state index contributed by atoms with van der Waals surface area (Å²) in [4.78, 5) is 17.3. The lowest BCUT2D eigenvalue weighted by Crippen LogP contribution is -2.23. The second kappa shape index (κ2) is 6.96. The zero-order valence-electron chi connectivity index (χ0n) is 11.4. The fraction of sp³-hybridized carbons (Fsp3) is 0.538. The first-order valence-electron chi connectivity index (χ1n) is 5.95. The fourth-order valence-corrected chi connectivity index (χ4v) is 1.52. The van der Waals surface area contributed by atoms with E-state index in [2.05, 4.69) is 17.2 Å². The molecular weight excluding hydrogens is 230 g/mol. The van der Waals surface area contributed by atoms with Crippen LogP contribution in [0.1, 0.15) is 17.4 Å². The smallest absolute Gasteiger partial charge is 0.272 e. The van der Waals surface area contributed by atoms with E-state index in [1.165, 1.54) is 4.90 Å². The third kappa shape index (κ3) is 4.33. The van der Waals surface area contributed by atoms with Crippen molar-refractivity contribution in [1.29, 1.82) is 0 Å². The number of hydrogen-bond donors (Lipinski definition) is 1. The summed E-state index contributed by atoms with van der Waals surface area (Å²) in [6, 6.07) is 3.62. The molecule has 0 aliphatic rings. The van der Waals surface area contributed by atoms with Crippen molar-refractivity contribution >= 4 is 11.6 Å². The summed E-state index contributed by atoms with van der Waals surface area (Å²) in [5.74, 6) is 0.319. The van der Waals surface area contributed by atoms with Crippen LogP contribution in [0.5, 0.6) is 0 Å². The standard InChI is InChI=1S/C13H21N3O2/c1-10(9-18-4)8-15-11-5-6-14-12(7-11)13(17)16(2)3/h5-7,10H,8-9H2,1-4H3,(H,14,15). The average Bonchev–Trinajstić information content (AvgIpc) is 2.36. The Morgan fingerprint density at radius 3 is 2.89 bits per heavy atom. The van der Waals surface area contributed by atoms with Crippen LogP contribution in [0, 0.1) is 5.92 Å². The molecule has 0 aliphatic carbocycles. The molecule has 1 unspecified atom stereocenters. The van der Waals surface area contributed by atoms with Crippen LogP contribution < -0.4 is 5.32 Å². The number of amides is 1. The molecule has 1 heterocycles. The minimum atomic E-state index is -0.0939. The summed E-state index contributed by atoms with van der Waals surface area (Å²) in [5, 5.41) is 3.27. The highest BCUT2D eigenvalue weighted by Crippen LogP contribution is 2.10. The SMILES string of the molecule is COCC(C)CNc1ccnc(C(=O)N(C)C)c1. The Balaban J connectivity index is 2.62. The highest BCUT2D eigenvalue weighted by molar-refractivity contribution is 5.92. The van der Waals surface area contributed by atoms with Crippen molar-refractivity contribution in [1.82, 2.24) is 9.88 Å². The van der Waals surface area contributed by atoms with E-state index >= 15 is 0 Å². The van der Waals surface area contributed by atoms with Crippen molar-refractivity contribution in [2.24, 2.45) is 5.92 Å². The van der Waals surface area contributed by atoms with Crippen LogP contribution in [-0.4, -0.2) is 50.1 Å². The number of carbonyl (C=O) groups excluding carboxylic acids is 1. The predicted octanol–water partition coefficient (Wildman–Crippen LogP) is 1.48. The molecule has 0 saturated carbocycles. The first-order chi connectivity index (χ1) is 8.54. The third-order valence-corrected chi connectivity index (χ3v) is 2.49. The molecule has 0 bridgehead atoms. The van der Waals surface area contributed by atoms with E-state index in [1.807, 2.05) is 6.07 Å². The van der Waals surface area contributed by atoms with Gasteiger partial charge in [0.25, 0.3) is 5.91 Å². The van der Waals surface area contributed by atoms with Crippen LogP contribution >= 0.6 is 0 Å². The zero-order chi connectivity index (χ0) is 13.5. The quantitative estimate of drug-likeness (QED) is 0.832. The molecule has 1 rings (SSSR count). The van der Waals surface area contributed by atoms with Crippen LogP contribution in [-0.2, 0) is 4.74 Å². The highest BCUT2D eigenvalue weighted by Gasteiger charge is 2.10. The topological polar surface area (TPSA) is 54.5 Å². The molecule has 0 aromatic carbocycles. The number of hydrogen-bond acceptors (Lipinski definition) is 4. The minimum Gasteiger partial charge on any atom is -0.385 e. The number of ether oxygens (including phenoxy) is 1. The van der Waals surface area contributed by atoms with Gasteiger partial charge in [0.05, 0.1) is 6.61 Å². The Labute approximate surface area is 108 Å². The van der Waals surface area contributed by atoms with E-state index in [0.717, 1.165) is 12.2 Å². The van der Waals surface area contributed by atoms with Crippen molar-refractivity contribution in [2.45, 2.75) is 6.92 Å². The number of carbonyl (C=O) groups is 1. The van der Waals surface area contributed by atoms with Gasteiger partial charge in [0, 0.05) is 39.6 Å². The minimum absolute atomic E-state index is 0.0939. The molecule has 0 saturated heterocycles. The molecule has 0 spiro atoms. The van der Waals surface area contributed by atoms with Crippen LogP contribution in [0.4, 0.5) is 5.69 Å². The first-order valence-corrected chi connectivity index (χ1v) is 5.95. The van der Waals surface area contributed by atoms with Gasteiger partial charge in [-0.1, -0.05) is 6.92 Å². The van der Waals surface area contributed by atoms with Gasteiger partial charge in [-0.25, -0.2) is 0 Å². The lowest BCUT2D eigenvalue weighted by atomic mass is 10.2. The number of anilines is 1. The van der Waals surface area contributed by atoms with Crippen molar-refractivity contribution < 1.29 is 9.53 Å². The fourth-order valence-electron chi connectivity index (χ4n) is 1.52. The number of pyridine rings is 1. The Bertz CT molecular complexity index is 394. The molecule has 1 amide bonds. The molecule has 1 N–H and O–H groups in total. The molecule has 5 nitrogen and oxygen atoms in total. The summed E-state index contributed by atoms with van der Waals surface area (Å²) in [6.07, 6.45) is 1.64. The largest absolute Gasteiger partial charge is 0.385 e. The zero-order valence-corrected chi connectivity index (χ0v) is 11.4. The Hall–Kier alpha value is -1.62. The maximum absolute atomic E-state index is 11.8. The summed E-state index contributed by atoms with van der Waals surface area (Å²) in [7, 11) is 5.12. The summed E-state index contributed by atoms with van der Waals surface area (Å²) in [6.45, 7) is 3.61. The second-order valence-electron chi connectivity index (χ2n) is 4.57. The van der Waals surface area contributed by atoms with E-state index in [1.54, 1.807) is 33.5 Å². The van der Waals surface area contributed by atoms with Gasteiger partial charge in [0.2, 0.25) is 0 Å². The summed E-state index contributed by atoms with van der Waals surface area (Å²) < 4.78 is 5.07. The monoisotopic (exact) mass is 251 g/mol. The van der Waals surface area contributed by atoms with E-state index < -0.39 is 0 Å². The van der Waals surface area contributed by atoms with Crippen molar-refractivity contribution in [3.8, 4) is 0 Å². The van der Waals surface area contributed by atoms with Crippen molar-refractivity contribution in [3.63, 3.8) is 0 Å². The number of methoxy groups -OCH3 is 1. The van der Waals surface area contributed by atoms with Gasteiger partial charge >= 0.3 is 0 Å². The Morgan fingerprint density at radius 1 is 1.56 bits per heavy atom. The van der Waals surface area contributed by atoms with Crippen LogP contribution in [0.2, 0.25) is 0 Å². The van der Waals surface area contributed by atoms with Gasteiger partial charge in [0.1, 0.15) is 5.69 Å². The Kier molecular flexibility index (Phi) is 5.58. The number of rotatable bonds is 6. The predicted molar refractivity (Wildman–Crippen MR) is 71.8 cm³/mol.